The van der Waals surface area contributed by atoms with E-state index in [-0.39, 0.29) is 28.1 Å². The summed E-state index contributed by atoms with van der Waals surface area (Å²) in [5.41, 5.74) is 6.38. The van der Waals surface area contributed by atoms with Gasteiger partial charge in [-0.25, -0.2) is 39.0 Å². The maximum absolute atomic E-state index is 13.1. The second-order valence-electron chi connectivity index (χ2n) is 7.33. The van der Waals surface area contributed by atoms with Gasteiger partial charge in [0.25, 0.3) is 0 Å². The number of nitrogens with zero attached hydrogens (tertiary/aromatic N) is 8. The lowest BCUT2D eigenvalue weighted by atomic mass is 10.1. The highest BCUT2D eigenvalue weighted by molar-refractivity contribution is 7.61. The SMILES string of the molecule is Nc1ncnc2c1ncn2[C@@H]1O[C@H](COP(=O)(On2cnc3cncnc32)OP(=O)(O)O)[C@@H](O)[C@H]1O. The third-order valence-corrected chi connectivity index (χ3v) is 7.46. The molecule has 5 rings (SSSR count). The lowest BCUT2D eigenvalue weighted by molar-refractivity contribution is -0.0514. The van der Waals surface area contributed by atoms with Crippen LogP contribution in [0.2, 0.25) is 0 Å². The number of nitrogens with two attached hydrogens (primary N) is 1. The number of rotatable bonds is 8. The zero-order valence-electron chi connectivity index (χ0n) is 17.7. The molecule has 0 spiro atoms. The fraction of sp³-hybridized carbons (Fsp3) is 0.333. The number of aliphatic hydroxyl groups is 2. The summed E-state index contributed by atoms with van der Waals surface area (Å²) in [7, 11) is -10.5. The minimum Gasteiger partial charge on any atom is -0.387 e. The lowest BCUT2D eigenvalue weighted by Crippen LogP contribution is -2.34. The molecule has 1 aliphatic heterocycles. The van der Waals surface area contributed by atoms with Crippen LogP contribution in [0.4, 0.5) is 5.82 Å². The molecule has 0 saturated carbocycles. The number of hydrogen-bond acceptors (Lipinski definition) is 15. The summed E-state index contributed by atoms with van der Waals surface area (Å²) in [4.78, 5) is 41.9. The van der Waals surface area contributed by atoms with Crippen molar-refractivity contribution in [1.82, 2.24) is 39.2 Å². The highest BCUT2D eigenvalue weighted by Gasteiger charge is 2.47. The highest BCUT2D eigenvalue weighted by Crippen LogP contribution is 2.59. The van der Waals surface area contributed by atoms with E-state index >= 15 is 0 Å². The van der Waals surface area contributed by atoms with Gasteiger partial charge in [0.15, 0.2) is 23.3 Å². The Kier molecular flexibility index (Phi) is 6.19. The molecule has 192 valence electrons. The van der Waals surface area contributed by atoms with Gasteiger partial charge < -0.3 is 35.1 Å². The molecule has 1 aliphatic rings. The van der Waals surface area contributed by atoms with Gasteiger partial charge in [-0.15, -0.1) is 4.73 Å². The second kappa shape index (κ2) is 9.07. The van der Waals surface area contributed by atoms with Gasteiger partial charge in [0.05, 0.1) is 19.1 Å². The van der Waals surface area contributed by atoms with Crippen molar-refractivity contribution in [2.75, 3.05) is 12.3 Å². The van der Waals surface area contributed by atoms with Crippen LogP contribution in [0.15, 0.2) is 31.5 Å². The van der Waals surface area contributed by atoms with Gasteiger partial charge in [0.2, 0.25) is 0 Å². The molecule has 0 aliphatic carbocycles. The van der Waals surface area contributed by atoms with Crippen LogP contribution in [0.3, 0.4) is 0 Å². The van der Waals surface area contributed by atoms with Gasteiger partial charge in [-0.2, -0.15) is 4.31 Å². The van der Waals surface area contributed by atoms with Gasteiger partial charge in [-0.3, -0.25) is 9.09 Å². The summed E-state index contributed by atoms with van der Waals surface area (Å²) < 4.78 is 46.6. The third kappa shape index (κ3) is 4.66. The molecular weight excluding hydrogens is 528 g/mol. The van der Waals surface area contributed by atoms with E-state index in [2.05, 4.69) is 34.2 Å². The van der Waals surface area contributed by atoms with Crippen LogP contribution in [0.1, 0.15) is 6.23 Å². The van der Waals surface area contributed by atoms with Crippen molar-refractivity contribution in [3.63, 3.8) is 0 Å². The molecule has 1 unspecified atom stereocenters. The van der Waals surface area contributed by atoms with Crippen LogP contribution < -0.4 is 10.4 Å². The maximum atomic E-state index is 13.1. The summed E-state index contributed by atoms with van der Waals surface area (Å²) in [6.07, 6.45) is 0.134. The van der Waals surface area contributed by atoms with Crippen molar-refractivity contribution >= 4 is 43.8 Å². The van der Waals surface area contributed by atoms with Crippen molar-refractivity contribution in [3.05, 3.63) is 31.5 Å². The van der Waals surface area contributed by atoms with Crippen molar-refractivity contribution in [1.29, 1.82) is 0 Å². The van der Waals surface area contributed by atoms with Crippen molar-refractivity contribution in [2.45, 2.75) is 24.5 Å². The normalized spacial score (nSPS) is 24.3. The van der Waals surface area contributed by atoms with Gasteiger partial charge in [0.1, 0.15) is 48.3 Å². The minimum absolute atomic E-state index is 0.0102. The molecule has 5 atom stereocenters. The number of aromatic nitrogens is 8. The summed E-state index contributed by atoms with van der Waals surface area (Å²) in [5, 5.41) is 21.0. The van der Waals surface area contributed by atoms with Gasteiger partial charge in [-0.05, 0) is 0 Å². The number of fused-ring (bicyclic) bond motifs is 2. The first-order valence-corrected chi connectivity index (χ1v) is 12.8. The Morgan fingerprint density at radius 2 is 1.81 bits per heavy atom. The van der Waals surface area contributed by atoms with Gasteiger partial charge >= 0.3 is 15.6 Å². The first kappa shape index (κ1) is 24.6. The maximum Gasteiger partial charge on any atom is 0.558 e. The Bertz CT molecular complexity index is 1510. The molecule has 0 aromatic carbocycles. The Balaban J connectivity index is 1.36. The Morgan fingerprint density at radius 3 is 2.58 bits per heavy atom. The predicted octanol–water partition coefficient (Wildman–Crippen LogP) is -1.47. The molecular formula is C15H17N9O10P2. The standard InChI is InChI=1S/C15H17N9O10P2/c16-12-9-14(20-4-18-12)23(5-22-9)15-11(26)10(25)8(32-15)2-31-36(30,34-35(27,28)29)33-24-6-21-7-1-17-3-19-13(7)24/h1,3-6,8,10-11,15,25-26H,2H2,(H2,16,18,20)(H2,27,28,29)/t8-,10-,11-,15-,36?/m1/s1. The van der Waals surface area contributed by atoms with Gasteiger partial charge in [-0.1, -0.05) is 0 Å². The van der Waals surface area contributed by atoms with Crippen LogP contribution in [-0.2, 0) is 22.7 Å². The second-order valence-corrected chi connectivity index (χ2v) is 10.3. The topological polar surface area (TPSA) is 265 Å². The number of imidazole rings is 2. The quantitative estimate of drug-likeness (QED) is 0.158. The largest absolute Gasteiger partial charge is 0.558 e. The lowest BCUT2D eigenvalue weighted by Gasteiger charge is -2.21. The van der Waals surface area contributed by atoms with Gasteiger partial charge in [0, 0.05) is 0 Å². The molecule has 0 bridgehead atoms. The van der Waals surface area contributed by atoms with E-state index in [4.69, 9.17) is 19.6 Å². The number of nitrogen functional groups attached to an aromatic ring is 1. The molecule has 0 radical (unpaired) electrons. The Labute approximate surface area is 199 Å². The van der Waals surface area contributed by atoms with E-state index in [1.54, 1.807) is 0 Å². The van der Waals surface area contributed by atoms with Crippen LogP contribution in [0.5, 0.6) is 0 Å². The third-order valence-electron chi connectivity index (χ3n) is 4.97. The van der Waals surface area contributed by atoms with E-state index in [0.29, 0.717) is 4.73 Å². The number of ether oxygens (including phenoxy) is 1. The number of anilines is 1. The van der Waals surface area contributed by atoms with Crippen molar-refractivity contribution in [2.24, 2.45) is 0 Å². The number of aliphatic hydroxyl groups excluding tert-OH is 2. The molecule has 21 heteroatoms. The van der Waals surface area contributed by atoms with Crippen LogP contribution >= 0.6 is 15.6 Å². The monoisotopic (exact) mass is 545 g/mol. The fourth-order valence-electron chi connectivity index (χ4n) is 3.42. The fourth-order valence-corrected chi connectivity index (χ4v) is 5.49. The van der Waals surface area contributed by atoms with E-state index in [1.165, 1.54) is 23.4 Å². The average Bonchev–Trinajstić information content (AvgIpc) is 3.49. The molecule has 4 aromatic heterocycles. The molecule has 4 aromatic rings. The van der Waals surface area contributed by atoms with E-state index < -0.39 is 46.8 Å². The minimum atomic E-state index is -5.41. The zero-order valence-corrected chi connectivity index (χ0v) is 19.5. The smallest absolute Gasteiger partial charge is 0.387 e. The summed E-state index contributed by atoms with van der Waals surface area (Å²) in [5.74, 6) is 0.0802. The number of phosphoric acid groups is 2. The highest BCUT2D eigenvalue weighted by atomic mass is 31.3. The summed E-state index contributed by atoms with van der Waals surface area (Å²) >= 11 is 0. The van der Waals surface area contributed by atoms with E-state index in [1.807, 2.05) is 0 Å². The molecule has 0 amide bonds. The van der Waals surface area contributed by atoms with E-state index in [0.717, 1.165) is 12.7 Å². The van der Waals surface area contributed by atoms with E-state index in [9.17, 15) is 29.1 Å². The Morgan fingerprint density at radius 1 is 1.03 bits per heavy atom. The molecule has 6 N–H and O–H groups in total. The first-order chi connectivity index (χ1) is 17.0. The number of hydrogen-bond donors (Lipinski definition) is 5. The molecule has 1 fully saturated rings. The average molecular weight is 545 g/mol. The van der Waals surface area contributed by atoms with Crippen LogP contribution in [0.25, 0.3) is 22.3 Å². The summed E-state index contributed by atoms with van der Waals surface area (Å²) in [6.45, 7) is -0.794. The molecule has 19 nitrogen and oxygen atoms in total. The zero-order chi connectivity index (χ0) is 25.7. The Hall–Kier alpha value is -3.12. The van der Waals surface area contributed by atoms with Crippen LogP contribution in [0, 0.1) is 0 Å². The molecule has 36 heavy (non-hydrogen) atoms. The van der Waals surface area contributed by atoms with Crippen molar-refractivity contribution < 1.29 is 47.3 Å². The summed E-state index contributed by atoms with van der Waals surface area (Å²) in [6, 6.07) is 0. The molecule has 1 saturated heterocycles. The van der Waals surface area contributed by atoms with Crippen LogP contribution in [-0.4, -0.2) is 84.1 Å². The molecule has 5 heterocycles. The first-order valence-electron chi connectivity index (χ1n) is 9.84. The predicted molar refractivity (Wildman–Crippen MR) is 114 cm³/mol. The van der Waals surface area contributed by atoms with Crippen molar-refractivity contribution in [3.8, 4) is 0 Å².